The molecule has 4 nitrogen and oxygen atoms in total. The van der Waals surface area contributed by atoms with Gasteiger partial charge >= 0.3 is 0 Å². The summed E-state index contributed by atoms with van der Waals surface area (Å²) in [5.41, 5.74) is 2.90. The summed E-state index contributed by atoms with van der Waals surface area (Å²) >= 11 is 1.85. The summed E-state index contributed by atoms with van der Waals surface area (Å²) in [5, 5.41) is 4.18. The molecule has 25 heavy (non-hydrogen) atoms. The molecule has 2 heterocycles. The molecule has 1 aliphatic heterocycles. The molecule has 1 amide bonds. The quantitative estimate of drug-likeness (QED) is 0.752. The predicted molar refractivity (Wildman–Crippen MR) is 101 cm³/mol. The third kappa shape index (κ3) is 3.00. The molecule has 0 fully saturated rings. The summed E-state index contributed by atoms with van der Waals surface area (Å²) in [6, 6.07) is 16.1. The number of nitrogens with one attached hydrogen (secondary N) is 1. The zero-order valence-corrected chi connectivity index (χ0v) is 14.9. The van der Waals surface area contributed by atoms with Gasteiger partial charge in [0.15, 0.2) is 0 Å². The Balaban J connectivity index is 1.59. The maximum atomic E-state index is 12.8. The highest BCUT2D eigenvalue weighted by atomic mass is 32.2. The van der Waals surface area contributed by atoms with Crippen LogP contribution in [0.15, 0.2) is 53.4 Å². The Morgan fingerprint density at radius 1 is 1.24 bits per heavy atom. The number of aryl methyl sites for hydroxylation is 1. The van der Waals surface area contributed by atoms with Crippen molar-refractivity contribution in [2.75, 3.05) is 12.4 Å². The number of benzene rings is 2. The van der Waals surface area contributed by atoms with Gasteiger partial charge in [-0.2, -0.15) is 0 Å². The second kappa shape index (κ2) is 6.84. The highest BCUT2D eigenvalue weighted by Crippen LogP contribution is 2.34. The van der Waals surface area contributed by atoms with Gasteiger partial charge in [0.1, 0.15) is 11.4 Å². The van der Waals surface area contributed by atoms with E-state index < -0.39 is 0 Å². The van der Waals surface area contributed by atoms with Crippen molar-refractivity contribution >= 4 is 28.6 Å². The van der Waals surface area contributed by atoms with E-state index in [0.717, 1.165) is 34.7 Å². The normalized spacial score (nSPS) is 13.0. The zero-order chi connectivity index (χ0) is 17.2. The Hall–Kier alpha value is -2.40. The van der Waals surface area contributed by atoms with Crippen LogP contribution >= 0.6 is 11.8 Å². The molecule has 0 saturated carbocycles. The minimum Gasteiger partial charge on any atom is -0.494 e. The average Bonchev–Trinajstić information content (AvgIpc) is 3.02. The van der Waals surface area contributed by atoms with Crippen molar-refractivity contribution in [1.82, 2.24) is 9.88 Å². The number of carbonyl (C=O) groups is 1. The van der Waals surface area contributed by atoms with Crippen molar-refractivity contribution in [3.05, 3.63) is 59.8 Å². The second-order valence-electron chi connectivity index (χ2n) is 5.95. The number of para-hydroxylation sites is 2. The van der Waals surface area contributed by atoms with Crippen molar-refractivity contribution in [1.29, 1.82) is 0 Å². The Bertz CT molecular complexity index is 933. The molecule has 0 radical (unpaired) electrons. The zero-order valence-electron chi connectivity index (χ0n) is 14.1. The Kier molecular flexibility index (Phi) is 4.40. The van der Waals surface area contributed by atoms with Gasteiger partial charge in [-0.05, 0) is 25.1 Å². The molecule has 0 unspecified atom stereocenters. The van der Waals surface area contributed by atoms with Gasteiger partial charge in [0.05, 0.1) is 12.1 Å². The molecule has 1 aromatic heterocycles. The average molecular weight is 352 g/mol. The van der Waals surface area contributed by atoms with E-state index in [1.807, 2.05) is 49.0 Å². The first-order valence-corrected chi connectivity index (χ1v) is 9.50. The Morgan fingerprint density at radius 2 is 2.12 bits per heavy atom. The first-order chi connectivity index (χ1) is 12.3. The highest BCUT2D eigenvalue weighted by molar-refractivity contribution is 7.99. The predicted octanol–water partition coefficient (Wildman–Crippen LogP) is 4.08. The van der Waals surface area contributed by atoms with E-state index in [9.17, 15) is 4.79 Å². The molecule has 128 valence electrons. The molecular formula is C20H20N2O2S. The Morgan fingerprint density at radius 3 is 3.00 bits per heavy atom. The van der Waals surface area contributed by atoms with E-state index in [-0.39, 0.29) is 5.91 Å². The number of nitrogens with zero attached hydrogens (tertiary/aromatic N) is 1. The minimum atomic E-state index is -0.0413. The summed E-state index contributed by atoms with van der Waals surface area (Å²) in [6.07, 6.45) is 0. The van der Waals surface area contributed by atoms with Gasteiger partial charge in [-0.25, -0.2) is 0 Å². The maximum absolute atomic E-state index is 12.8. The topological polar surface area (TPSA) is 43.3 Å². The largest absolute Gasteiger partial charge is 0.494 e. The fourth-order valence-corrected chi connectivity index (χ4v) is 4.32. The van der Waals surface area contributed by atoms with E-state index >= 15 is 0 Å². The van der Waals surface area contributed by atoms with Crippen LogP contribution in [0.5, 0.6) is 5.75 Å². The summed E-state index contributed by atoms with van der Waals surface area (Å²) in [5.74, 6) is 1.78. The molecule has 0 saturated heterocycles. The lowest BCUT2D eigenvalue weighted by Gasteiger charge is -2.17. The van der Waals surface area contributed by atoms with Crippen LogP contribution in [-0.4, -0.2) is 22.8 Å². The second-order valence-corrected chi connectivity index (χ2v) is 7.08. The smallest absolute Gasteiger partial charge is 0.268 e. The number of carbonyl (C=O) groups excluding carboxylic acids is 1. The fraction of sp³-hybridized carbons (Fsp3) is 0.250. The van der Waals surface area contributed by atoms with Crippen molar-refractivity contribution in [3.8, 4) is 5.75 Å². The molecule has 3 aromatic rings. The lowest BCUT2D eigenvalue weighted by atomic mass is 10.2. The number of thioether (sulfide) groups is 1. The first kappa shape index (κ1) is 16.1. The summed E-state index contributed by atoms with van der Waals surface area (Å²) in [4.78, 5) is 14.0. The molecule has 5 heteroatoms. The van der Waals surface area contributed by atoms with E-state index in [2.05, 4.69) is 28.1 Å². The molecule has 1 N–H and O–H groups in total. The lowest BCUT2D eigenvalue weighted by Crippen LogP contribution is -2.26. The number of rotatable bonds is 5. The third-order valence-electron chi connectivity index (χ3n) is 4.40. The molecule has 0 bridgehead atoms. The van der Waals surface area contributed by atoms with Crippen LogP contribution in [0.25, 0.3) is 10.9 Å². The van der Waals surface area contributed by atoms with Crippen LogP contribution in [0.2, 0.25) is 0 Å². The van der Waals surface area contributed by atoms with Gasteiger partial charge < -0.3 is 14.6 Å². The van der Waals surface area contributed by atoms with Crippen molar-refractivity contribution in [3.63, 3.8) is 0 Å². The number of hydrogen-bond donors (Lipinski definition) is 1. The van der Waals surface area contributed by atoms with Crippen LogP contribution in [0.1, 0.15) is 23.0 Å². The van der Waals surface area contributed by atoms with Crippen LogP contribution < -0.4 is 10.1 Å². The highest BCUT2D eigenvalue weighted by Gasteiger charge is 2.20. The van der Waals surface area contributed by atoms with Gasteiger partial charge in [0.2, 0.25) is 0 Å². The number of amides is 1. The summed E-state index contributed by atoms with van der Waals surface area (Å²) in [6.45, 7) is 3.89. The van der Waals surface area contributed by atoms with Crippen LogP contribution in [0.4, 0.5) is 0 Å². The summed E-state index contributed by atoms with van der Waals surface area (Å²) in [7, 11) is 0. The van der Waals surface area contributed by atoms with E-state index in [0.29, 0.717) is 13.2 Å². The van der Waals surface area contributed by atoms with E-state index in [1.54, 1.807) is 0 Å². The molecule has 0 atom stereocenters. The van der Waals surface area contributed by atoms with Crippen LogP contribution in [0.3, 0.4) is 0 Å². The third-order valence-corrected chi connectivity index (χ3v) is 5.43. The molecule has 1 aliphatic rings. The number of hydrogen-bond acceptors (Lipinski definition) is 3. The van der Waals surface area contributed by atoms with E-state index in [1.165, 1.54) is 10.4 Å². The number of aromatic nitrogens is 1. The standard InChI is InChI=1S/C20H20N2O2S/c1-2-24-17-8-4-3-6-15(17)13-21-20(23)16-12-14-7-5-9-18-19(14)22(16)10-11-25-18/h3-9,12H,2,10-11,13H2,1H3,(H,21,23). The molecular weight excluding hydrogens is 332 g/mol. The van der Waals surface area contributed by atoms with Crippen LogP contribution in [0, 0.1) is 0 Å². The number of ether oxygens (including phenoxy) is 1. The molecule has 2 aromatic carbocycles. The fourth-order valence-electron chi connectivity index (χ4n) is 3.29. The first-order valence-electron chi connectivity index (χ1n) is 8.52. The monoisotopic (exact) mass is 352 g/mol. The van der Waals surface area contributed by atoms with Crippen molar-refractivity contribution < 1.29 is 9.53 Å². The van der Waals surface area contributed by atoms with E-state index in [4.69, 9.17) is 4.74 Å². The molecule has 0 aliphatic carbocycles. The van der Waals surface area contributed by atoms with Crippen molar-refractivity contribution in [2.45, 2.75) is 24.9 Å². The van der Waals surface area contributed by atoms with Gasteiger partial charge in [-0.3, -0.25) is 4.79 Å². The SMILES string of the molecule is CCOc1ccccc1CNC(=O)c1cc2cccc3c2n1CCS3. The van der Waals surface area contributed by atoms with Gasteiger partial charge in [-0.1, -0.05) is 30.3 Å². The van der Waals surface area contributed by atoms with Gasteiger partial charge in [0.25, 0.3) is 5.91 Å². The summed E-state index contributed by atoms with van der Waals surface area (Å²) < 4.78 is 7.78. The maximum Gasteiger partial charge on any atom is 0.268 e. The van der Waals surface area contributed by atoms with Gasteiger partial charge in [-0.15, -0.1) is 11.8 Å². The van der Waals surface area contributed by atoms with Crippen LogP contribution in [-0.2, 0) is 13.1 Å². The molecule has 0 spiro atoms. The van der Waals surface area contributed by atoms with Gasteiger partial charge in [0, 0.05) is 34.7 Å². The van der Waals surface area contributed by atoms with Crippen molar-refractivity contribution in [2.24, 2.45) is 0 Å². The minimum absolute atomic E-state index is 0.0413. The lowest BCUT2D eigenvalue weighted by molar-refractivity contribution is 0.0942. The molecule has 4 rings (SSSR count). The Labute approximate surface area is 151 Å².